The Balaban J connectivity index is 2.16. The molecular weight excluding hydrogens is 297 g/mol. The van der Waals surface area contributed by atoms with E-state index in [1.807, 2.05) is 0 Å². The second-order valence-corrected chi connectivity index (χ2v) is 5.12. The second kappa shape index (κ2) is 6.53. The van der Waals surface area contributed by atoms with Crippen LogP contribution in [0.3, 0.4) is 0 Å². The molecule has 0 spiro atoms. The Morgan fingerprint density at radius 3 is 2.86 bits per heavy atom. The number of imide groups is 1. The Morgan fingerprint density at radius 2 is 2.19 bits per heavy atom. The summed E-state index contributed by atoms with van der Waals surface area (Å²) in [6.45, 7) is 1.39. The van der Waals surface area contributed by atoms with Crippen LogP contribution in [0.15, 0.2) is 29.2 Å². The molecule has 0 saturated carbocycles. The van der Waals surface area contributed by atoms with Crippen LogP contribution in [0.5, 0.6) is 0 Å². The average Bonchev–Trinajstić information content (AvgIpc) is 2.67. The third-order valence-electron chi connectivity index (χ3n) is 2.61. The fraction of sp³-hybridized carbons (Fsp3) is 0.214. The van der Waals surface area contributed by atoms with E-state index in [1.165, 1.54) is 24.3 Å². The van der Waals surface area contributed by atoms with E-state index in [2.05, 4.69) is 0 Å². The molecule has 0 radical (unpaired) electrons. The maximum atomic E-state index is 13.1. The van der Waals surface area contributed by atoms with Crippen molar-refractivity contribution in [3.63, 3.8) is 0 Å². The molecule has 0 aliphatic carbocycles. The Morgan fingerprint density at radius 1 is 1.43 bits per heavy atom. The molecule has 110 valence electrons. The first-order valence-corrected chi connectivity index (χ1v) is 6.99. The van der Waals surface area contributed by atoms with Crippen molar-refractivity contribution >= 4 is 35.0 Å². The molecule has 21 heavy (non-hydrogen) atoms. The smallest absolute Gasteiger partial charge is 0.326 e. The molecule has 7 heteroatoms. The normalized spacial score (nSPS) is 16.7. The minimum absolute atomic E-state index is 0.148. The van der Waals surface area contributed by atoms with Crippen LogP contribution in [0, 0.1) is 5.82 Å². The van der Waals surface area contributed by atoms with Crippen LogP contribution in [0.25, 0.3) is 6.08 Å². The zero-order valence-electron chi connectivity index (χ0n) is 11.2. The summed E-state index contributed by atoms with van der Waals surface area (Å²) in [6, 6.07) is 5.65. The summed E-state index contributed by atoms with van der Waals surface area (Å²) in [4.78, 5) is 36.1. The number of rotatable bonds is 4. The fourth-order valence-corrected chi connectivity index (χ4v) is 2.56. The van der Waals surface area contributed by atoms with Gasteiger partial charge in [0.1, 0.15) is 12.4 Å². The van der Waals surface area contributed by atoms with Crippen LogP contribution >= 0.6 is 11.8 Å². The highest BCUT2D eigenvalue weighted by molar-refractivity contribution is 8.18. The number of hydrogen-bond donors (Lipinski definition) is 0. The van der Waals surface area contributed by atoms with Gasteiger partial charge < -0.3 is 4.74 Å². The number of amides is 2. The maximum absolute atomic E-state index is 13.1. The zero-order valence-corrected chi connectivity index (χ0v) is 12.0. The largest absolute Gasteiger partial charge is 0.465 e. The third kappa shape index (κ3) is 3.69. The molecule has 0 aromatic heterocycles. The molecule has 1 aliphatic heterocycles. The molecule has 1 aromatic rings. The van der Waals surface area contributed by atoms with Gasteiger partial charge in [0.05, 0.1) is 11.5 Å². The van der Waals surface area contributed by atoms with Gasteiger partial charge in [0.2, 0.25) is 0 Å². The molecule has 0 atom stereocenters. The molecule has 5 nitrogen and oxygen atoms in total. The molecule has 2 amide bonds. The van der Waals surface area contributed by atoms with Crippen molar-refractivity contribution < 1.29 is 23.5 Å². The molecule has 0 unspecified atom stereocenters. The molecule has 0 N–H and O–H groups in total. The van der Waals surface area contributed by atoms with Crippen LogP contribution in [-0.2, 0) is 14.3 Å². The van der Waals surface area contributed by atoms with Gasteiger partial charge in [-0.3, -0.25) is 19.3 Å². The van der Waals surface area contributed by atoms with Gasteiger partial charge in [-0.05, 0) is 42.5 Å². The summed E-state index contributed by atoms with van der Waals surface area (Å²) in [5.74, 6) is -1.66. The number of carbonyl (C=O) groups is 3. The van der Waals surface area contributed by atoms with Crippen molar-refractivity contribution in [1.82, 2.24) is 4.90 Å². The summed E-state index contributed by atoms with van der Waals surface area (Å²) in [5, 5.41) is -0.546. The van der Waals surface area contributed by atoms with Gasteiger partial charge in [0, 0.05) is 0 Å². The van der Waals surface area contributed by atoms with Gasteiger partial charge in [-0.15, -0.1) is 0 Å². The monoisotopic (exact) mass is 309 g/mol. The lowest BCUT2D eigenvalue weighted by Crippen LogP contribution is -2.34. The number of ether oxygens (including phenoxy) is 1. The number of halogens is 1. The maximum Gasteiger partial charge on any atom is 0.326 e. The zero-order chi connectivity index (χ0) is 15.4. The number of benzene rings is 1. The quantitative estimate of drug-likeness (QED) is 0.631. The van der Waals surface area contributed by atoms with E-state index < -0.39 is 29.5 Å². The predicted octanol–water partition coefficient (Wildman–Crippen LogP) is 2.43. The molecular formula is C14H12FNO4S. The number of thioether (sulfide) groups is 1. The predicted molar refractivity (Wildman–Crippen MR) is 75.7 cm³/mol. The highest BCUT2D eigenvalue weighted by Gasteiger charge is 2.36. The Hall–Kier alpha value is -2.15. The number of hydrogen-bond acceptors (Lipinski definition) is 5. The van der Waals surface area contributed by atoms with Crippen molar-refractivity contribution in [2.24, 2.45) is 0 Å². The van der Waals surface area contributed by atoms with Gasteiger partial charge in [0.25, 0.3) is 11.1 Å². The van der Waals surface area contributed by atoms with Gasteiger partial charge in [-0.25, -0.2) is 4.39 Å². The summed E-state index contributed by atoms with van der Waals surface area (Å²) >= 11 is 0.711. The summed E-state index contributed by atoms with van der Waals surface area (Å²) in [5.41, 5.74) is 0.469. The Kier molecular flexibility index (Phi) is 4.74. The minimum atomic E-state index is -0.646. The van der Waals surface area contributed by atoms with E-state index in [0.717, 1.165) is 4.90 Å². The third-order valence-corrected chi connectivity index (χ3v) is 3.52. The van der Waals surface area contributed by atoms with Gasteiger partial charge in [0.15, 0.2) is 0 Å². The van der Waals surface area contributed by atoms with Crippen molar-refractivity contribution in [2.75, 3.05) is 13.2 Å². The molecule has 1 saturated heterocycles. The van der Waals surface area contributed by atoms with Crippen LogP contribution in [0.4, 0.5) is 9.18 Å². The van der Waals surface area contributed by atoms with Gasteiger partial charge in [-0.2, -0.15) is 0 Å². The SMILES string of the molecule is CCOC(=O)CN1C(=O)SC(=Cc2cccc(F)c2)C1=O. The summed E-state index contributed by atoms with van der Waals surface area (Å²) < 4.78 is 17.8. The van der Waals surface area contributed by atoms with Crippen LogP contribution in [0.1, 0.15) is 12.5 Å². The number of nitrogens with zero attached hydrogens (tertiary/aromatic N) is 1. The van der Waals surface area contributed by atoms with E-state index in [9.17, 15) is 18.8 Å². The van der Waals surface area contributed by atoms with Crippen LogP contribution in [0.2, 0.25) is 0 Å². The standard InChI is InChI=1S/C14H12FNO4S/c1-2-20-12(17)8-16-13(18)11(21-14(16)19)7-9-4-3-5-10(15)6-9/h3-7H,2,8H2,1H3. The second-order valence-electron chi connectivity index (χ2n) is 4.13. The van der Waals surface area contributed by atoms with E-state index in [0.29, 0.717) is 17.3 Å². The highest BCUT2D eigenvalue weighted by Crippen LogP contribution is 2.32. The van der Waals surface area contributed by atoms with E-state index in [1.54, 1.807) is 13.0 Å². The van der Waals surface area contributed by atoms with Gasteiger partial charge in [-0.1, -0.05) is 12.1 Å². The first kappa shape index (κ1) is 15.2. The first-order valence-electron chi connectivity index (χ1n) is 6.18. The summed E-state index contributed by atoms with van der Waals surface area (Å²) in [7, 11) is 0. The van der Waals surface area contributed by atoms with Crippen LogP contribution < -0.4 is 0 Å². The minimum Gasteiger partial charge on any atom is -0.465 e. The Labute approximate surface area is 124 Å². The van der Waals surface area contributed by atoms with Crippen molar-refractivity contribution in [3.05, 3.63) is 40.6 Å². The lowest BCUT2D eigenvalue weighted by atomic mass is 10.2. The van der Waals surface area contributed by atoms with E-state index >= 15 is 0 Å². The van der Waals surface area contributed by atoms with Gasteiger partial charge >= 0.3 is 5.97 Å². The number of carbonyl (C=O) groups excluding carboxylic acids is 3. The van der Waals surface area contributed by atoms with Crippen molar-refractivity contribution in [2.45, 2.75) is 6.92 Å². The Bertz CT molecular complexity index is 629. The van der Waals surface area contributed by atoms with Crippen LogP contribution in [-0.4, -0.2) is 35.2 Å². The van der Waals surface area contributed by atoms with Crippen molar-refractivity contribution in [3.8, 4) is 0 Å². The van der Waals surface area contributed by atoms with Crippen molar-refractivity contribution in [1.29, 1.82) is 0 Å². The molecule has 1 aliphatic rings. The topological polar surface area (TPSA) is 63.7 Å². The number of esters is 1. The lowest BCUT2D eigenvalue weighted by Gasteiger charge is -2.10. The highest BCUT2D eigenvalue weighted by atomic mass is 32.2. The molecule has 0 bridgehead atoms. The molecule has 1 fully saturated rings. The lowest BCUT2D eigenvalue weighted by molar-refractivity contribution is -0.145. The molecule has 2 rings (SSSR count). The summed E-state index contributed by atoms with van der Waals surface area (Å²) in [6.07, 6.45) is 1.42. The molecule has 1 aromatic carbocycles. The fourth-order valence-electron chi connectivity index (χ4n) is 1.72. The average molecular weight is 309 g/mol. The van der Waals surface area contributed by atoms with E-state index in [-0.39, 0.29) is 11.5 Å². The molecule has 1 heterocycles. The first-order chi connectivity index (χ1) is 10.0. The van der Waals surface area contributed by atoms with E-state index in [4.69, 9.17) is 4.74 Å².